The second-order valence-electron chi connectivity index (χ2n) is 6.25. The van der Waals surface area contributed by atoms with Gasteiger partial charge in [-0.2, -0.15) is 0 Å². The molecule has 0 unspecified atom stereocenters. The Bertz CT molecular complexity index is 540. The first-order chi connectivity index (χ1) is 11.6. The highest BCUT2D eigenvalue weighted by molar-refractivity contribution is 6.30. The van der Waals surface area contributed by atoms with Crippen LogP contribution in [0.25, 0.3) is 0 Å². The molecule has 2 N–H and O–H groups in total. The molecule has 1 fully saturated rings. The Morgan fingerprint density at radius 1 is 1.21 bits per heavy atom. The molecule has 1 aromatic rings. The average molecular weight is 352 g/mol. The Balaban J connectivity index is 1.62. The van der Waals surface area contributed by atoms with Gasteiger partial charge in [0, 0.05) is 36.6 Å². The molecule has 1 aromatic carbocycles. The molecule has 0 aromatic heterocycles. The molecule has 1 saturated heterocycles. The van der Waals surface area contributed by atoms with Crippen molar-refractivity contribution >= 4 is 23.4 Å². The summed E-state index contributed by atoms with van der Waals surface area (Å²) in [5.41, 5.74) is 0.581. The smallest absolute Gasteiger partial charge is 0.251 e. The predicted molar refractivity (Wildman–Crippen MR) is 96.2 cm³/mol. The molecular formula is C18H26ClN3O2. The van der Waals surface area contributed by atoms with Crippen LogP contribution in [0.5, 0.6) is 0 Å². The quantitative estimate of drug-likeness (QED) is 0.741. The molecule has 0 aliphatic carbocycles. The third kappa shape index (κ3) is 5.80. The highest BCUT2D eigenvalue weighted by Crippen LogP contribution is 2.17. The Kier molecular flexibility index (Phi) is 7.53. The molecule has 5 nitrogen and oxygen atoms in total. The van der Waals surface area contributed by atoms with Crippen LogP contribution in [0, 0.1) is 5.92 Å². The fourth-order valence-electron chi connectivity index (χ4n) is 2.98. The van der Waals surface area contributed by atoms with Gasteiger partial charge in [0.2, 0.25) is 5.91 Å². The molecule has 6 heteroatoms. The van der Waals surface area contributed by atoms with E-state index in [0.717, 1.165) is 32.5 Å². The number of nitrogens with one attached hydrogen (secondary N) is 2. The first-order valence-corrected chi connectivity index (χ1v) is 8.94. The molecule has 132 valence electrons. The standard InChI is InChI=1S/C18H26ClN3O2/c1-20-13-14-8-11-22(12-9-14)17(23)3-2-10-21-18(24)15-4-6-16(19)7-5-15/h4-7,14,20H,2-3,8-13H2,1H3,(H,21,24). The van der Waals surface area contributed by atoms with Gasteiger partial charge in [0.05, 0.1) is 0 Å². The third-order valence-corrected chi connectivity index (χ3v) is 4.67. The molecule has 24 heavy (non-hydrogen) atoms. The summed E-state index contributed by atoms with van der Waals surface area (Å²) < 4.78 is 0. The van der Waals surface area contributed by atoms with E-state index in [9.17, 15) is 9.59 Å². The number of benzene rings is 1. The fourth-order valence-corrected chi connectivity index (χ4v) is 3.10. The number of likely N-dealkylation sites (tertiary alicyclic amines) is 1. The normalized spacial score (nSPS) is 15.3. The number of nitrogens with zero attached hydrogens (tertiary/aromatic N) is 1. The van der Waals surface area contributed by atoms with Gasteiger partial charge in [0.15, 0.2) is 0 Å². The van der Waals surface area contributed by atoms with Gasteiger partial charge in [-0.3, -0.25) is 9.59 Å². The third-order valence-electron chi connectivity index (χ3n) is 4.42. The van der Waals surface area contributed by atoms with Crippen molar-refractivity contribution in [1.82, 2.24) is 15.5 Å². The maximum atomic E-state index is 12.2. The second-order valence-corrected chi connectivity index (χ2v) is 6.68. The molecule has 1 aliphatic rings. The number of halogens is 1. The highest BCUT2D eigenvalue weighted by atomic mass is 35.5. The van der Waals surface area contributed by atoms with E-state index in [1.54, 1.807) is 24.3 Å². The van der Waals surface area contributed by atoms with Gasteiger partial charge >= 0.3 is 0 Å². The zero-order chi connectivity index (χ0) is 17.4. The van der Waals surface area contributed by atoms with Crippen LogP contribution in [-0.2, 0) is 4.79 Å². The van der Waals surface area contributed by atoms with Gasteiger partial charge in [0.1, 0.15) is 0 Å². The summed E-state index contributed by atoms with van der Waals surface area (Å²) in [4.78, 5) is 26.1. The molecule has 0 atom stereocenters. The van der Waals surface area contributed by atoms with Crippen molar-refractivity contribution in [2.75, 3.05) is 33.2 Å². The van der Waals surface area contributed by atoms with Crippen molar-refractivity contribution in [3.63, 3.8) is 0 Å². The van der Waals surface area contributed by atoms with E-state index >= 15 is 0 Å². The topological polar surface area (TPSA) is 61.4 Å². The largest absolute Gasteiger partial charge is 0.352 e. The van der Waals surface area contributed by atoms with E-state index in [1.807, 2.05) is 11.9 Å². The average Bonchev–Trinajstić information content (AvgIpc) is 2.60. The van der Waals surface area contributed by atoms with Gasteiger partial charge in [0.25, 0.3) is 5.91 Å². The number of hydrogen-bond acceptors (Lipinski definition) is 3. The SMILES string of the molecule is CNCC1CCN(C(=O)CCCNC(=O)c2ccc(Cl)cc2)CC1. The van der Waals surface area contributed by atoms with Gasteiger partial charge in [-0.1, -0.05) is 11.6 Å². The van der Waals surface area contributed by atoms with Gasteiger partial charge < -0.3 is 15.5 Å². The Morgan fingerprint density at radius 3 is 2.50 bits per heavy atom. The number of hydrogen-bond donors (Lipinski definition) is 2. The van der Waals surface area contributed by atoms with Crippen molar-refractivity contribution in [1.29, 1.82) is 0 Å². The maximum absolute atomic E-state index is 12.2. The first-order valence-electron chi connectivity index (χ1n) is 8.56. The number of piperidine rings is 1. The fraction of sp³-hybridized carbons (Fsp3) is 0.556. The summed E-state index contributed by atoms with van der Waals surface area (Å²) in [6.45, 7) is 3.23. The van der Waals surface area contributed by atoms with E-state index in [4.69, 9.17) is 11.6 Å². The van der Waals surface area contributed by atoms with E-state index in [-0.39, 0.29) is 11.8 Å². The van der Waals surface area contributed by atoms with Crippen LogP contribution in [0.4, 0.5) is 0 Å². The molecule has 1 aliphatic heterocycles. The van der Waals surface area contributed by atoms with Crippen LogP contribution in [-0.4, -0.2) is 49.9 Å². The van der Waals surface area contributed by atoms with Crippen LogP contribution in [0.3, 0.4) is 0 Å². The minimum Gasteiger partial charge on any atom is -0.352 e. The molecule has 2 rings (SSSR count). The number of carbonyl (C=O) groups excluding carboxylic acids is 2. The number of carbonyl (C=O) groups is 2. The minimum atomic E-state index is -0.132. The zero-order valence-corrected chi connectivity index (χ0v) is 14.9. The van der Waals surface area contributed by atoms with E-state index in [2.05, 4.69) is 10.6 Å². The predicted octanol–water partition coefficient (Wildman–Crippen LogP) is 2.31. The van der Waals surface area contributed by atoms with E-state index in [0.29, 0.717) is 35.9 Å². The lowest BCUT2D eigenvalue weighted by atomic mass is 9.96. The van der Waals surface area contributed by atoms with Gasteiger partial charge in [-0.25, -0.2) is 0 Å². The van der Waals surface area contributed by atoms with Crippen LogP contribution in [0.15, 0.2) is 24.3 Å². The summed E-state index contributed by atoms with van der Waals surface area (Å²) in [7, 11) is 1.97. The summed E-state index contributed by atoms with van der Waals surface area (Å²) in [6, 6.07) is 6.77. The Hall–Kier alpha value is -1.59. The molecule has 1 heterocycles. The first kappa shape index (κ1) is 18.7. The molecule has 0 spiro atoms. The van der Waals surface area contributed by atoms with Gasteiger partial charge in [-0.05, 0) is 63.0 Å². The van der Waals surface area contributed by atoms with Crippen molar-refractivity contribution in [3.05, 3.63) is 34.9 Å². The summed E-state index contributed by atoms with van der Waals surface area (Å²) in [5.74, 6) is 0.739. The lowest BCUT2D eigenvalue weighted by molar-refractivity contribution is -0.132. The van der Waals surface area contributed by atoms with E-state index in [1.165, 1.54) is 0 Å². The Morgan fingerprint density at radius 2 is 1.88 bits per heavy atom. The van der Waals surface area contributed by atoms with Crippen LogP contribution in [0.1, 0.15) is 36.0 Å². The van der Waals surface area contributed by atoms with E-state index < -0.39 is 0 Å². The van der Waals surface area contributed by atoms with Crippen molar-refractivity contribution < 1.29 is 9.59 Å². The summed E-state index contributed by atoms with van der Waals surface area (Å²) in [6.07, 6.45) is 3.28. The number of rotatable bonds is 7. The van der Waals surface area contributed by atoms with Crippen LogP contribution < -0.4 is 10.6 Å². The molecular weight excluding hydrogens is 326 g/mol. The summed E-state index contributed by atoms with van der Waals surface area (Å²) >= 11 is 5.80. The minimum absolute atomic E-state index is 0.132. The van der Waals surface area contributed by atoms with Crippen molar-refractivity contribution in [3.8, 4) is 0 Å². The molecule has 0 saturated carbocycles. The molecule has 0 bridgehead atoms. The second kappa shape index (κ2) is 9.64. The maximum Gasteiger partial charge on any atom is 0.251 e. The van der Waals surface area contributed by atoms with Crippen molar-refractivity contribution in [2.45, 2.75) is 25.7 Å². The zero-order valence-electron chi connectivity index (χ0n) is 14.2. The lowest BCUT2D eigenvalue weighted by Crippen LogP contribution is -2.40. The van der Waals surface area contributed by atoms with Gasteiger partial charge in [-0.15, -0.1) is 0 Å². The van der Waals surface area contributed by atoms with Crippen LogP contribution >= 0.6 is 11.6 Å². The molecule has 0 radical (unpaired) electrons. The Labute approximate surface area is 148 Å². The lowest BCUT2D eigenvalue weighted by Gasteiger charge is -2.32. The monoisotopic (exact) mass is 351 g/mol. The number of amides is 2. The van der Waals surface area contributed by atoms with Crippen LogP contribution in [0.2, 0.25) is 5.02 Å². The summed E-state index contributed by atoms with van der Waals surface area (Å²) in [5, 5.41) is 6.65. The molecule has 2 amide bonds. The highest BCUT2D eigenvalue weighted by Gasteiger charge is 2.21. The van der Waals surface area contributed by atoms with Crippen molar-refractivity contribution in [2.24, 2.45) is 5.92 Å².